The highest BCUT2D eigenvalue weighted by Crippen LogP contribution is 2.21. The summed E-state index contributed by atoms with van der Waals surface area (Å²) in [4.78, 5) is 25.3. The molecule has 2 rings (SSSR count). The Hall–Kier alpha value is -1.89. The molecular formula is C21H24Cl2N2O3S. The SMILES string of the molecule is CCOc1cccc(CNC(=O)C(CCSC)NC(=O)c2ccc(Cl)cc2Cl)c1. The molecule has 2 aromatic rings. The van der Waals surface area contributed by atoms with E-state index in [0.29, 0.717) is 24.6 Å². The summed E-state index contributed by atoms with van der Waals surface area (Å²) < 4.78 is 5.48. The van der Waals surface area contributed by atoms with Gasteiger partial charge in [0.2, 0.25) is 5.91 Å². The summed E-state index contributed by atoms with van der Waals surface area (Å²) in [6, 6.07) is 11.5. The number of benzene rings is 2. The van der Waals surface area contributed by atoms with Crippen LogP contribution in [0.15, 0.2) is 42.5 Å². The predicted molar refractivity (Wildman–Crippen MR) is 120 cm³/mol. The molecule has 0 spiro atoms. The minimum absolute atomic E-state index is 0.242. The fraction of sp³-hybridized carbons (Fsp3) is 0.333. The van der Waals surface area contributed by atoms with Crippen LogP contribution in [-0.4, -0.2) is 36.5 Å². The molecule has 29 heavy (non-hydrogen) atoms. The summed E-state index contributed by atoms with van der Waals surface area (Å²) in [5.74, 6) is 0.821. The van der Waals surface area contributed by atoms with E-state index in [4.69, 9.17) is 27.9 Å². The molecule has 0 heterocycles. The molecule has 0 aliphatic rings. The third-order valence-electron chi connectivity index (χ3n) is 4.08. The normalized spacial score (nSPS) is 11.6. The summed E-state index contributed by atoms with van der Waals surface area (Å²) in [6.45, 7) is 2.83. The van der Waals surface area contributed by atoms with Crippen molar-refractivity contribution in [1.82, 2.24) is 10.6 Å². The minimum Gasteiger partial charge on any atom is -0.494 e. The van der Waals surface area contributed by atoms with Gasteiger partial charge in [-0.15, -0.1) is 0 Å². The van der Waals surface area contributed by atoms with Gasteiger partial charge in [-0.3, -0.25) is 9.59 Å². The van der Waals surface area contributed by atoms with Gasteiger partial charge in [-0.05, 0) is 61.2 Å². The molecule has 0 radical (unpaired) electrons. The topological polar surface area (TPSA) is 67.4 Å². The van der Waals surface area contributed by atoms with Gasteiger partial charge in [0.05, 0.1) is 17.2 Å². The Kier molecular flexibility index (Phi) is 9.64. The van der Waals surface area contributed by atoms with E-state index in [0.717, 1.165) is 17.1 Å². The molecule has 2 N–H and O–H groups in total. The van der Waals surface area contributed by atoms with Crippen molar-refractivity contribution in [3.63, 3.8) is 0 Å². The Bertz CT molecular complexity index is 848. The number of carbonyl (C=O) groups is 2. The van der Waals surface area contributed by atoms with Crippen molar-refractivity contribution >= 4 is 46.8 Å². The van der Waals surface area contributed by atoms with Crippen molar-refractivity contribution in [2.24, 2.45) is 0 Å². The molecule has 8 heteroatoms. The second-order valence-electron chi connectivity index (χ2n) is 6.23. The standard InChI is InChI=1S/C21H24Cl2N2O3S/c1-3-28-16-6-4-5-14(11-16)13-24-21(27)19(9-10-29-2)25-20(26)17-8-7-15(22)12-18(17)23/h4-8,11-12,19H,3,9-10,13H2,1-2H3,(H,24,27)(H,25,26). The Morgan fingerprint density at radius 1 is 1.17 bits per heavy atom. The van der Waals surface area contributed by atoms with Crippen molar-refractivity contribution < 1.29 is 14.3 Å². The summed E-state index contributed by atoms with van der Waals surface area (Å²) in [7, 11) is 0. The zero-order valence-electron chi connectivity index (χ0n) is 16.3. The lowest BCUT2D eigenvalue weighted by Gasteiger charge is -2.19. The number of halogens is 2. The van der Waals surface area contributed by atoms with E-state index >= 15 is 0 Å². The van der Waals surface area contributed by atoms with Gasteiger partial charge in [0.25, 0.3) is 5.91 Å². The number of rotatable bonds is 10. The predicted octanol–water partition coefficient (Wildman–Crippen LogP) is 4.56. The third kappa shape index (κ3) is 7.46. The Morgan fingerprint density at radius 3 is 2.66 bits per heavy atom. The monoisotopic (exact) mass is 454 g/mol. The molecule has 0 aliphatic carbocycles. The van der Waals surface area contributed by atoms with E-state index in [9.17, 15) is 9.59 Å². The fourth-order valence-electron chi connectivity index (χ4n) is 2.64. The maximum Gasteiger partial charge on any atom is 0.253 e. The van der Waals surface area contributed by atoms with E-state index in [1.807, 2.05) is 37.4 Å². The van der Waals surface area contributed by atoms with Crippen molar-refractivity contribution in [3.8, 4) is 5.75 Å². The zero-order valence-corrected chi connectivity index (χ0v) is 18.7. The van der Waals surface area contributed by atoms with Crippen LogP contribution in [0, 0.1) is 0 Å². The first-order valence-corrected chi connectivity index (χ1v) is 11.3. The summed E-state index contributed by atoms with van der Waals surface area (Å²) in [6.07, 6.45) is 2.45. The average Bonchev–Trinajstić information content (AvgIpc) is 2.69. The van der Waals surface area contributed by atoms with Gasteiger partial charge >= 0.3 is 0 Å². The first-order chi connectivity index (χ1) is 13.9. The molecule has 5 nitrogen and oxygen atoms in total. The van der Waals surface area contributed by atoms with Gasteiger partial charge in [0.15, 0.2) is 0 Å². The van der Waals surface area contributed by atoms with Crippen LogP contribution >= 0.6 is 35.0 Å². The molecule has 2 amide bonds. The van der Waals surface area contributed by atoms with Crippen LogP contribution in [0.5, 0.6) is 5.75 Å². The van der Waals surface area contributed by atoms with Crippen LogP contribution < -0.4 is 15.4 Å². The van der Waals surface area contributed by atoms with Crippen LogP contribution in [0.3, 0.4) is 0 Å². The third-order valence-corrected chi connectivity index (χ3v) is 5.28. The lowest BCUT2D eigenvalue weighted by molar-refractivity contribution is -0.123. The van der Waals surface area contributed by atoms with Crippen LogP contribution in [-0.2, 0) is 11.3 Å². The smallest absolute Gasteiger partial charge is 0.253 e. The molecule has 0 saturated heterocycles. The highest BCUT2D eigenvalue weighted by atomic mass is 35.5. The van der Waals surface area contributed by atoms with Crippen LogP contribution in [0.4, 0.5) is 0 Å². The van der Waals surface area contributed by atoms with E-state index in [2.05, 4.69) is 10.6 Å². The molecule has 0 saturated carbocycles. The van der Waals surface area contributed by atoms with Gasteiger partial charge in [0.1, 0.15) is 11.8 Å². The van der Waals surface area contributed by atoms with E-state index in [-0.39, 0.29) is 16.5 Å². The Labute approximate surface area is 185 Å². The molecule has 0 bridgehead atoms. The number of ether oxygens (including phenoxy) is 1. The van der Waals surface area contributed by atoms with Gasteiger partial charge < -0.3 is 15.4 Å². The quantitative estimate of drug-likeness (QED) is 0.551. The summed E-state index contributed by atoms with van der Waals surface area (Å²) in [5.41, 5.74) is 1.20. The van der Waals surface area contributed by atoms with Crippen molar-refractivity contribution in [1.29, 1.82) is 0 Å². The van der Waals surface area contributed by atoms with Crippen molar-refractivity contribution in [2.75, 3.05) is 18.6 Å². The number of carbonyl (C=O) groups excluding carboxylic acids is 2. The lowest BCUT2D eigenvalue weighted by Crippen LogP contribution is -2.47. The Balaban J connectivity index is 2.03. The molecule has 0 aliphatic heterocycles. The first kappa shape index (κ1) is 23.4. The number of amides is 2. The van der Waals surface area contributed by atoms with Crippen molar-refractivity contribution in [2.45, 2.75) is 25.9 Å². The van der Waals surface area contributed by atoms with E-state index < -0.39 is 11.9 Å². The molecule has 0 aromatic heterocycles. The lowest BCUT2D eigenvalue weighted by atomic mass is 10.1. The highest BCUT2D eigenvalue weighted by molar-refractivity contribution is 7.98. The van der Waals surface area contributed by atoms with Crippen LogP contribution in [0.2, 0.25) is 10.0 Å². The van der Waals surface area contributed by atoms with Crippen LogP contribution in [0.25, 0.3) is 0 Å². The number of nitrogens with one attached hydrogen (secondary N) is 2. The molecule has 2 aromatic carbocycles. The average molecular weight is 455 g/mol. The minimum atomic E-state index is -0.670. The Morgan fingerprint density at radius 2 is 1.97 bits per heavy atom. The van der Waals surface area contributed by atoms with E-state index in [1.165, 1.54) is 6.07 Å². The summed E-state index contributed by atoms with van der Waals surface area (Å²) in [5, 5.41) is 6.35. The molecule has 156 valence electrons. The number of thioether (sulfide) groups is 1. The van der Waals surface area contributed by atoms with Gasteiger partial charge in [0, 0.05) is 11.6 Å². The highest BCUT2D eigenvalue weighted by Gasteiger charge is 2.22. The second-order valence-corrected chi connectivity index (χ2v) is 8.06. The zero-order chi connectivity index (χ0) is 21.2. The van der Waals surface area contributed by atoms with Gasteiger partial charge in [-0.1, -0.05) is 35.3 Å². The van der Waals surface area contributed by atoms with E-state index in [1.54, 1.807) is 23.9 Å². The maximum atomic E-state index is 12.7. The second kappa shape index (κ2) is 12.0. The first-order valence-electron chi connectivity index (χ1n) is 9.19. The molecule has 1 atom stereocenters. The molecule has 1 unspecified atom stereocenters. The molecule has 0 fully saturated rings. The van der Waals surface area contributed by atoms with Gasteiger partial charge in [-0.2, -0.15) is 11.8 Å². The number of hydrogen-bond acceptors (Lipinski definition) is 4. The molecular weight excluding hydrogens is 431 g/mol. The maximum absolute atomic E-state index is 12.7. The van der Waals surface area contributed by atoms with Gasteiger partial charge in [-0.25, -0.2) is 0 Å². The number of hydrogen-bond donors (Lipinski definition) is 2. The van der Waals surface area contributed by atoms with Crippen LogP contribution in [0.1, 0.15) is 29.3 Å². The fourth-order valence-corrected chi connectivity index (χ4v) is 3.60. The van der Waals surface area contributed by atoms with Crippen molar-refractivity contribution in [3.05, 3.63) is 63.6 Å². The largest absolute Gasteiger partial charge is 0.494 e. The summed E-state index contributed by atoms with van der Waals surface area (Å²) >= 11 is 13.6.